The molecule has 0 aromatic carbocycles. The third-order valence-corrected chi connectivity index (χ3v) is 2.51. The minimum Gasteiger partial charge on any atom is -0.382 e. The number of rotatable bonds is 12. The molecular weight excluding hydrogens is 218 g/mol. The first-order valence-corrected chi connectivity index (χ1v) is 6.62. The maximum atomic E-state index is 5.71. The van der Waals surface area contributed by atoms with Gasteiger partial charge in [0.25, 0.3) is 0 Å². The second-order valence-corrected chi connectivity index (χ2v) is 4.33. The summed E-state index contributed by atoms with van der Waals surface area (Å²) in [7, 11) is 1.68. The highest BCUT2D eigenvalue weighted by atomic mass is 16.5. The van der Waals surface area contributed by atoms with E-state index in [4.69, 9.17) is 14.2 Å². The van der Waals surface area contributed by atoms with Crippen LogP contribution in [0.1, 0.15) is 33.6 Å². The number of methoxy groups -OCH3 is 1. The minimum atomic E-state index is 0.308. The lowest BCUT2D eigenvalue weighted by Gasteiger charge is -2.18. The fourth-order valence-electron chi connectivity index (χ4n) is 1.69. The second-order valence-electron chi connectivity index (χ2n) is 4.33. The first kappa shape index (κ1) is 16.8. The van der Waals surface area contributed by atoms with Crippen LogP contribution in [0.3, 0.4) is 0 Å². The zero-order valence-electron chi connectivity index (χ0n) is 11.8. The normalized spacial score (nSPS) is 14.8. The molecule has 0 radical (unpaired) electrons. The van der Waals surface area contributed by atoms with Gasteiger partial charge in [0.05, 0.1) is 19.3 Å². The first-order chi connectivity index (χ1) is 8.20. The van der Waals surface area contributed by atoms with Crippen molar-refractivity contribution in [2.45, 2.75) is 45.8 Å². The molecule has 0 heterocycles. The van der Waals surface area contributed by atoms with Crippen molar-refractivity contribution in [3.8, 4) is 0 Å². The van der Waals surface area contributed by atoms with Gasteiger partial charge in [-0.3, -0.25) is 0 Å². The molecule has 0 aromatic heterocycles. The predicted molar refractivity (Wildman–Crippen MR) is 70.5 cm³/mol. The quantitative estimate of drug-likeness (QED) is 0.534. The van der Waals surface area contributed by atoms with Gasteiger partial charge in [-0.25, -0.2) is 0 Å². The fraction of sp³-hybridized carbons (Fsp3) is 1.00. The Labute approximate surface area is 106 Å². The van der Waals surface area contributed by atoms with Crippen molar-refractivity contribution in [2.24, 2.45) is 0 Å². The van der Waals surface area contributed by atoms with E-state index in [1.165, 1.54) is 0 Å². The summed E-state index contributed by atoms with van der Waals surface area (Å²) >= 11 is 0. The lowest BCUT2D eigenvalue weighted by Crippen LogP contribution is -2.30. The van der Waals surface area contributed by atoms with Crippen molar-refractivity contribution < 1.29 is 14.2 Å². The molecule has 17 heavy (non-hydrogen) atoms. The Kier molecular flexibility index (Phi) is 12.2. The summed E-state index contributed by atoms with van der Waals surface area (Å²) < 4.78 is 16.0. The summed E-state index contributed by atoms with van der Waals surface area (Å²) in [6.07, 6.45) is 2.31. The summed E-state index contributed by atoms with van der Waals surface area (Å²) in [6.45, 7) is 10.3. The highest BCUT2D eigenvalue weighted by molar-refractivity contribution is 4.63. The van der Waals surface area contributed by atoms with Crippen LogP contribution in [0.25, 0.3) is 0 Å². The molecule has 1 N–H and O–H groups in total. The Morgan fingerprint density at radius 3 is 2.47 bits per heavy atom. The lowest BCUT2D eigenvalue weighted by atomic mass is 10.1. The average Bonchev–Trinajstić information content (AvgIpc) is 2.28. The molecule has 4 heteroatoms. The van der Waals surface area contributed by atoms with Crippen molar-refractivity contribution >= 4 is 0 Å². The van der Waals surface area contributed by atoms with Crippen molar-refractivity contribution in [1.29, 1.82) is 0 Å². The van der Waals surface area contributed by atoms with Crippen LogP contribution in [0.4, 0.5) is 0 Å². The molecule has 2 atom stereocenters. The largest absolute Gasteiger partial charge is 0.382 e. The SMILES string of the molecule is CCNC(C)CC(C)OCCCOCCOC. The van der Waals surface area contributed by atoms with Gasteiger partial charge in [0, 0.05) is 26.4 Å². The van der Waals surface area contributed by atoms with Gasteiger partial charge in [0.2, 0.25) is 0 Å². The third kappa shape index (κ3) is 12.1. The van der Waals surface area contributed by atoms with Gasteiger partial charge in [-0.05, 0) is 33.2 Å². The topological polar surface area (TPSA) is 39.7 Å². The lowest BCUT2D eigenvalue weighted by molar-refractivity contribution is 0.0246. The van der Waals surface area contributed by atoms with E-state index in [0.29, 0.717) is 25.4 Å². The summed E-state index contributed by atoms with van der Waals surface area (Å²) in [5.74, 6) is 0. The molecule has 0 saturated heterocycles. The molecule has 0 amide bonds. The number of nitrogens with one attached hydrogen (secondary N) is 1. The summed E-state index contributed by atoms with van der Waals surface area (Å²) in [4.78, 5) is 0. The van der Waals surface area contributed by atoms with Crippen LogP contribution in [0.15, 0.2) is 0 Å². The minimum absolute atomic E-state index is 0.308. The zero-order chi connectivity index (χ0) is 12.9. The van der Waals surface area contributed by atoms with Crippen molar-refractivity contribution in [2.75, 3.05) is 40.1 Å². The molecule has 0 rings (SSSR count). The summed E-state index contributed by atoms with van der Waals surface area (Å²) in [5.41, 5.74) is 0. The smallest absolute Gasteiger partial charge is 0.0700 e. The van der Waals surface area contributed by atoms with E-state index < -0.39 is 0 Å². The molecule has 0 aliphatic rings. The van der Waals surface area contributed by atoms with Crippen LogP contribution in [-0.2, 0) is 14.2 Å². The van der Waals surface area contributed by atoms with E-state index in [9.17, 15) is 0 Å². The Morgan fingerprint density at radius 1 is 1.06 bits per heavy atom. The molecule has 2 unspecified atom stereocenters. The molecule has 104 valence electrons. The second kappa shape index (κ2) is 12.3. The van der Waals surface area contributed by atoms with E-state index in [0.717, 1.165) is 32.6 Å². The van der Waals surface area contributed by atoms with Gasteiger partial charge in [-0.2, -0.15) is 0 Å². The van der Waals surface area contributed by atoms with Gasteiger partial charge < -0.3 is 19.5 Å². The van der Waals surface area contributed by atoms with Crippen molar-refractivity contribution in [3.63, 3.8) is 0 Å². The standard InChI is InChI=1S/C13H29NO3/c1-5-14-12(2)11-13(3)17-8-6-7-16-10-9-15-4/h12-14H,5-11H2,1-4H3. The number of hydrogen-bond donors (Lipinski definition) is 1. The van der Waals surface area contributed by atoms with Crippen LogP contribution >= 0.6 is 0 Å². The van der Waals surface area contributed by atoms with Crippen molar-refractivity contribution in [3.05, 3.63) is 0 Å². The maximum absolute atomic E-state index is 5.71. The number of hydrogen-bond acceptors (Lipinski definition) is 4. The van der Waals surface area contributed by atoms with E-state index in [2.05, 4.69) is 26.1 Å². The van der Waals surface area contributed by atoms with Gasteiger partial charge in [0.15, 0.2) is 0 Å². The molecule has 0 fully saturated rings. The fourth-order valence-corrected chi connectivity index (χ4v) is 1.69. The summed E-state index contributed by atoms with van der Waals surface area (Å²) in [6, 6.07) is 0.521. The van der Waals surface area contributed by atoms with E-state index in [1.807, 2.05) is 0 Å². The highest BCUT2D eigenvalue weighted by Gasteiger charge is 2.07. The molecule has 4 nitrogen and oxygen atoms in total. The van der Waals surface area contributed by atoms with Gasteiger partial charge in [-0.1, -0.05) is 6.92 Å². The van der Waals surface area contributed by atoms with Crippen LogP contribution < -0.4 is 5.32 Å². The first-order valence-electron chi connectivity index (χ1n) is 6.62. The molecular formula is C13H29NO3. The van der Waals surface area contributed by atoms with Crippen LogP contribution in [0.5, 0.6) is 0 Å². The zero-order valence-corrected chi connectivity index (χ0v) is 11.8. The Bertz CT molecular complexity index is 156. The Balaban J connectivity index is 3.24. The van der Waals surface area contributed by atoms with Gasteiger partial charge in [-0.15, -0.1) is 0 Å². The molecule has 0 spiro atoms. The monoisotopic (exact) mass is 247 g/mol. The van der Waals surface area contributed by atoms with E-state index in [1.54, 1.807) is 7.11 Å². The van der Waals surface area contributed by atoms with E-state index in [-0.39, 0.29) is 0 Å². The van der Waals surface area contributed by atoms with Crippen LogP contribution in [0, 0.1) is 0 Å². The van der Waals surface area contributed by atoms with Crippen LogP contribution in [-0.4, -0.2) is 52.2 Å². The third-order valence-electron chi connectivity index (χ3n) is 2.51. The average molecular weight is 247 g/mol. The van der Waals surface area contributed by atoms with Gasteiger partial charge >= 0.3 is 0 Å². The molecule has 0 aliphatic heterocycles. The van der Waals surface area contributed by atoms with Crippen LogP contribution in [0.2, 0.25) is 0 Å². The molecule has 0 aliphatic carbocycles. The number of ether oxygens (including phenoxy) is 3. The van der Waals surface area contributed by atoms with Crippen molar-refractivity contribution in [1.82, 2.24) is 5.32 Å². The molecule has 0 bridgehead atoms. The maximum Gasteiger partial charge on any atom is 0.0700 e. The van der Waals surface area contributed by atoms with Gasteiger partial charge in [0.1, 0.15) is 0 Å². The molecule has 0 saturated carbocycles. The predicted octanol–water partition coefficient (Wildman–Crippen LogP) is 1.83. The van der Waals surface area contributed by atoms with E-state index >= 15 is 0 Å². The Hall–Kier alpha value is -0.160. The Morgan fingerprint density at radius 2 is 1.82 bits per heavy atom. The summed E-state index contributed by atoms with van der Waals surface area (Å²) in [5, 5.41) is 3.38. The highest BCUT2D eigenvalue weighted by Crippen LogP contribution is 2.02. The molecule has 0 aromatic rings.